The van der Waals surface area contributed by atoms with Crippen LogP contribution in [-0.2, 0) is 0 Å². The third-order valence-electron chi connectivity index (χ3n) is 5.26. The van der Waals surface area contributed by atoms with Gasteiger partial charge in [0.05, 0.1) is 3.79 Å². The van der Waals surface area contributed by atoms with Crippen LogP contribution in [0, 0.1) is 13.8 Å². The average molecular weight is 491 g/mol. The molecule has 0 fully saturated rings. The topological polar surface area (TPSA) is 0 Å². The summed E-state index contributed by atoms with van der Waals surface area (Å²) >= 11 is 7.26. The van der Waals surface area contributed by atoms with Gasteiger partial charge in [-0.15, -0.1) is 23.1 Å². The summed E-state index contributed by atoms with van der Waals surface area (Å²) in [6, 6.07) is 17.8. The number of benzene rings is 2. The number of aryl methyl sites for hydroxylation is 2. The third kappa shape index (κ3) is 5.29. The first-order valence-electron chi connectivity index (χ1n) is 10.1. The summed E-state index contributed by atoms with van der Waals surface area (Å²) < 4.78 is 1.16. The van der Waals surface area contributed by atoms with Gasteiger partial charge in [0.1, 0.15) is 7.85 Å². The van der Waals surface area contributed by atoms with Crippen molar-refractivity contribution in [2.75, 3.05) is 0 Å². The van der Waals surface area contributed by atoms with Gasteiger partial charge >= 0.3 is 0 Å². The molecule has 0 radical (unpaired) electrons. The van der Waals surface area contributed by atoms with Gasteiger partial charge < -0.3 is 0 Å². The fourth-order valence-electron chi connectivity index (χ4n) is 3.62. The lowest BCUT2D eigenvalue weighted by Crippen LogP contribution is -1.93. The van der Waals surface area contributed by atoms with E-state index in [1.54, 1.807) is 11.3 Å². The Hall–Kier alpha value is -1.75. The Balaban J connectivity index is 1.71. The molecule has 4 heteroatoms. The molecule has 1 aliphatic heterocycles. The summed E-state index contributed by atoms with van der Waals surface area (Å²) in [6.07, 6.45) is 12.5. The van der Waals surface area contributed by atoms with Crippen molar-refractivity contribution >= 4 is 65.1 Å². The number of thioether (sulfide) groups is 1. The van der Waals surface area contributed by atoms with E-state index in [9.17, 15) is 0 Å². The molecule has 1 unspecified atom stereocenters. The molecule has 0 bridgehead atoms. The average Bonchev–Trinajstić information content (AvgIpc) is 3.34. The van der Waals surface area contributed by atoms with Crippen molar-refractivity contribution in [2.24, 2.45) is 0 Å². The van der Waals surface area contributed by atoms with Crippen LogP contribution in [0.4, 0.5) is 0 Å². The van der Waals surface area contributed by atoms with Crippen LogP contribution in [-0.4, -0.2) is 13.1 Å². The molecule has 30 heavy (non-hydrogen) atoms. The highest BCUT2D eigenvalue weighted by Gasteiger charge is 2.12. The van der Waals surface area contributed by atoms with Crippen LogP contribution in [0.25, 0.3) is 29.4 Å². The standard InChI is InChI=1S/C26H24BBrS2/c1-17-3-4-18(2)23(15-17)24-16-19(6-9-22-12-14-26(28)30-22)5-7-20(24)8-10-21-11-13-25(27)29-21/h3-10,12-16,21H,11,27H2,1-2H3/b9-6+,10-8+. The fourth-order valence-corrected chi connectivity index (χ4v) is 5.97. The summed E-state index contributed by atoms with van der Waals surface area (Å²) in [5.74, 6) is 0. The van der Waals surface area contributed by atoms with Gasteiger partial charge in [-0.25, -0.2) is 0 Å². The second-order valence-electron chi connectivity index (χ2n) is 7.71. The van der Waals surface area contributed by atoms with Gasteiger partial charge in [0.25, 0.3) is 0 Å². The third-order valence-corrected chi connectivity index (χ3v) is 8.04. The minimum atomic E-state index is 0.549. The van der Waals surface area contributed by atoms with E-state index >= 15 is 0 Å². The first kappa shape index (κ1) is 21.5. The molecule has 2 heterocycles. The van der Waals surface area contributed by atoms with Crippen LogP contribution >= 0.6 is 39.0 Å². The maximum atomic E-state index is 3.55. The lowest BCUT2D eigenvalue weighted by atomic mass is 9.92. The molecule has 1 aromatic heterocycles. The normalized spacial score (nSPS) is 16.6. The van der Waals surface area contributed by atoms with E-state index in [4.69, 9.17) is 0 Å². The molecule has 0 N–H and O–H groups in total. The summed E-state index contributed by atoms with van der Waals surface area (Å²) in [4.78, 5) is 2.68. The second kappa shape index (κ2) is 9.59. The summed E-state index contributed by atoms with van der Waals surface area (Å²) in [5, 5.41) is 0.549. The van der Waals surface area contributed by atoms with E-state index in [1.807, 2.05) is 11.8 Å². The van der Waals surface area contributed by atoms with Gasteiger partial charge in [0.2, 0.25) is 0 Å². The number of halogens is 1. The number of hydrogen-bond acceptors (Lipinski definition) is 2. The van der Waals surface area contributed by atoms with Crippen LogP contribution in [0.3, 0.4) is 0 Å². The molecule has 1 aliphatic rings. The Morgan fingerprint density at radius 2 is 1.83 bits per heavy atom. The number of thiophene rings is 1. The number of hydrogen-bond donors (Lipinski definition) is 0. The zero-order chi connectivity index (χ0) is 21.1. The van der Waals surface area contributed by atoms with E-state index in [-0.39, 0.29) is 0 Å². The fraction of sp³-hybridized carbons (Fsp3) is 0.154. The van der Waals surface area contributed by atoms with Crippen LogP contribution < -0.4 is 0 Å². The minimum absolute atomic E-state index is 0.549. The highest BCUT2D eigenvalue weighted by atomic mass is 79.9. The molecular weight excluding hydrogens is 467 g/mol. The van der Waals surface area contributed by atoms with Crippen LogP contribution in [0.2, 0.25) is 0 Å². The van der Waals surface area contributed by atoms with Crippen molar-refractivity contribution in [1.82, 2.24) is 0 Å². The first-order chi connectivity index (χ1) is 14.5. The Morgan fingerprint density at radius 3 is 2.57 bits per heavy atom. The van der Waals surface area contributed by atoms with E-state index in [2.05, 4.69) is 117 Å². The van der Waals surface area contributed by atoms with Crippen molar-refractivity contribution in [2.45, 2.75) is 25.5 Å². The molecule has 4 rings (SSSR count). The van der Waals surface area contributed by atoms with Gasteiger partial charge in [0.15, 0.2) is 0 Å². The molecule has 0 saturated carbocycles. The van der Waals surface area contributed by atoms with Crippen molar-refractivity contribution in [3.05, 3.63) is 96.4 Å². The molecule has 0 amide bonds. The molecule has 2 aromatic carbocycles. The minimum Gasteiger partial charge on any atom is -0.134 e. The monoisotopic (exact) mass is 490 g/mol. The molecule has 0 saturated heterocycles. The largest absolute Gasteiger partial charge is 0.147 e. The molecule has 3 aromatic rings. The predicted molar refractivity (Wildman–Crippen MR) is 144 cm³/mol. The SMILES string of the molecule is BC1=CCC(/C=C/c2ccc(/C=C/c3ccc(Br)s3)cc2-c2cc(C)ccc2C)S1. The van der Waals surface area contributed by atoms with Crippen molar-refractivity contribution in [1.29, 1.82) is 0 Å². The van der Waals surface area contributed by atoms with Crippen LogP contribution in [0.5, 0.6) is 0 Å². The quantitative estimate of drug-likeness (QED) is 0.327. The number of rotatable bonds is 5. The molecular formula is C26H24BBrS2. The molecule has 0 nitrogen and oxygen atoms in total. The summed E-state index contributed by atoms with van der Waals surface area (Å²) in [7, 11) is 2.20. The van der Waals surface area contributed by atoms with Gasteiger partial charge in [-0.2, -0.15) is 0 Å². The van der Waals surface area contributed by atoms with E-state index < -0.39 is 0 Å². The van der Waals surface area contributed by atoms with Gasteiger partial charge in [-0.1, -0.05) is 65.0 Å². The van der Waals surface area contributed by atoms with Crippen molar-refractivity contribution in [3.8, 4) is 11.1 Å². The Labute approximate surface area is 197 Å². The zero-order valence-electron chi connectivity index (χ0n) is 17.5. The molecule has 0 spiro atoms. The molecule has 1 atom stereocenters. The second-order valence-corrected chi connectivity index (χ2v) is 11.7. The van der Waals surface area contributed by atoms with Gasteiger partial charge in [-0.05, 0) is 88.3 Å². The maximum Gasteiger partial charge on any atom is 0.147 e. The van der Waals surface area contributed by atoms with Crippen molar-refractivity contribution in [3.63, 3.8) is 0 Å². The highest BCUT2D eigenvalue weighted by Crippen LogP contribution is 2.34. The van der Waals surface area contributed by atoms with Crippen molar-refractivity contribution < 1.29 is 0 Å². The smallest absolute Gasteiger partial charge is 0.134 e. The number of allylic oxidation sites excluding steroid dienone is 1. The van der Waals surface area contributed by atoms with Crippen LogP contribution in [0.15, 0.2) is 69.3 Å². The predicted octanol–water partition coefficient (Wildman–Crippen LogP) is 7.96. The zero-order valence-corrected chi connectivity index (χ0v) is 20.7. The Kier molecular flexibility index (Phi) is 6.87. The molecule has 0 aliphatic carbocycles. The Bertz CT molecular complexity index is 1150. The lowest BCUT2D eigenvalue weighted by Gasteiger charge is -2.13. The van der Waals surface area contributed by atoms with E-state index in [0.717, 1.165) is 10.2 Å². The highest BCUT2D eigenvalue weighted by molar-refractivity contribution is 9.11. The maximum absolute atomic E-state index is 3.55. The Morgan fingerprint density at radius 1 is 0.967 bits per heavy atom. The summed E-state index contributed by atoms with van der Waals surface area (Å²) in [6.45, 7) is 4.37. The molecule has 150 valence electrons. The van der Waals surface area contributed by atoms with Gasteiger partial charge in [0, 0.05) is 10.1 Å². The first-order valence-corrected chi connectivity index (χ1v) is 12.6. The summed E-state index contributed by atoms with van der Waals surface area (Å²) in [5.41, 5.74) is 7.73. The van der Waals surface area contributed by atoms with Gasteiger partial charge in [-0.3, -0.25) is 0 Å². The van der Waals surface area contributed by atoms with Crippen LogP contribution in [0.1, 0.15) is 33.6 Å². The van der Waals surface area contributed by atoms with E-state index in [0.29, 0.717) is 5.25 Å². The lowest BCUT2D eigenvalue weighted by molar-refractivity contribution is 1.10. The van der Waals surface area contributed by atoms with E-state index in [1.165, 1.54) is 43.1 Å².